The summed E-state index contributed by atoms with van der Waals surface area (Å²) in [6, 6.07) is 3.41. The van der Waals surface area contributed by atoms with Crippen molar-refractivity contribution in [2.75, 3.05) is 11.1 Å². The van der Waals surface area contributed by atoms with Crippen molar-refractivity contribution in [2.45, 2.75) is 57.7 Å². The zero-order chi connectivity index (χ0) is 22.8. The SMILES string of the molecule is CC(C)CCn1c(SCC(=O)Nc2c(F)cccc2F)nc2sc3c(c2c1=O)CCCC3. The average Bonchev–Trinajstić information content (AvgIpc) is 3.13. The van der Waals surface area contributed by atoms with E-state index in [1.807, 2.05) is 0 Å². The van der Waals surface area contributed by atoms with Gasteiger partial charge in [-0.25, -0.2) is 13.8 Å². The molecule has 0 unspecified atom stereocenters. The Morgan fingerprint density at radius 1 is 1.25 bits per heavy atom. The molecule has 170 valence electrons. The van der Waals surface area contributed by atoms with Crippen LogP contribution >= 0.6 is 23.1 Å². The second-order valence-electron chi connectivity index (χ2n) is 8.36. The van der Waals surface area contributed by atoms with Crippen LogP contribution in [0.2, 0.25) is 0 Å². The van der Waals surface area contributed by atoms with Crippen LogP contribution in [0.25, 0.3) is 10.2 Å². The lowest BCUT2D eigenvalue weighted by atomic mass is 9.97. The molecule has 0 saturated carbocycles. The molecule has 5 nitrogen and oxygen atoms in total. The molecule has 32 heavy (non-hydrogen) atoms. The van der Waals surface area contributed by atoms with Crippen LogP contribution in [0.5, 0.6) is 0 Å². The van der Waals surface area contributed by atoms with Gasteiger partial charge in [0.15, 0.2) is 5.16 Å². The van der Waals surface area contributed by atoms with Crippen molar-refractivity contribution in [3.63, 3.8) is 0 Å². The van der Waals surface area contributed by atoms with E-state index in [1.54, 1.807) is 15.9 Å². The van der Waals surface area contributed by atoms with Crippen LogP contribution in [0.15, 0.2) is 28.2 Å². The van der Waals surface area contributed by atoms with E-state index >= 15 is 0 Å². The summed E-state index contributed by atoms with van der Waals surface area (Å²) in [6.07, 6.45) is 4.88. The van der Waals surface area contributed by atoms with Crippen LogP contribution in [0, 0.1) is 17.6 Å². The van der Waals surface area contributed by atoms with Gasteiger partial charge in [0.05, 0.1) is 11.1 Å². The number of benzene rings is 1. The number of hydrogen-bond donors (Lipinski definition) is 1. The molecule has 2 heterocycles. The molecule has 4 rings (SSSR count). The van der Waals surface area contributed by atoms with Gasteiger partial charge in [-0.2, -0.15) is 0 Å². The molecular weight excluding hydrogens is 452 g/mol. The zero-order valence-electron chi connectivity index (χ0n) is 18.0. The Bertz CT molecular complexity index is 1200. The topological polar surface area (TPSA) is 64.0 Å². The number of carbonyl (C=O) groups excluding carboxylic acids is 1. The lowest BCUT2D eigenvalue weighted by Gasteiger charge is -2.14. The fourth-order valence-electron chi connectivity index (χ4n) is 3.84. The molecule has 3 aromatic rings. The van der Waals surface area contributed by atoms with Crippen molar-refractivity contribution in [3.05, 3.63) is 50.6 Å². The maximum Gasteiger partial charge on any atom is 0.263 e. The average molecular weight is 478 g/mol. The summed E-state index contributed by atoms with van der Waals surface area (Å²) < 4.78 is 29.3. The molecule has 0 aliphatic heterocycles. The van der Waals surface area contributed by atoms with E-state index in [9.17, 15) is 18.4 Å². The van der Waals surface area contributed by atoms with Crippen molar-refractivity contribution in [1.29, 1.82) is 0 Å². The number of rotatable bonds is 7. The summed E-state index contributed by atoms with van der Waals surface area (Å²) in [4.78, 5) is 32.5. The molecule has 9 heteroatoms. The summed E-state index contributed by atoms with van der Waals surface area (Å²) in [7, 11) is 0. The van der Waals surface area contributed by atoms with Crippen LogP contribution in [-0.4, -0.2) is 21.2 Å². The van der Waals surface area contributed by atoms with Crippen LogP contribution < -0.4 is 10.9 Å². The van der Waals surface area contributed by atoms with E-state index in [2.05, 4.69) is 19.2 Å². The van der Waals surface area contributed by atoms with Gasteiger partial charge in [-0.1, -0.05) is 31.7 Å². The molecular formula is C23H25F2N3O2S2. The van der Waals surface area contributed by atoms with Gasteiger partial charge in [-0.05, 0) is 55.7 Å². The third-order valence-corrected chi connectivity index (χ3v) is 7.69. The molecule has 0 bridgehead atoms. The fraction of sp³-hybridized carbons (Fsp3) is 0.435. The number of carbonyl (C=O) groups is 1. The highest BCUT2D eigenvalue weighted by Gasteiger charge is 2.23. The van der Waals surface area contributed by atoms with Gasteiger partial charge in [0, 0.05) is 11.4 Å². The third kappa shape index (κ3) is 4.73. The first-order chi connectivity index (χ1) is 15.3. The Morgan fingerprint density at radius 3 is 2.69 bits per heavy atom. The van der Waals surface area contributed by atoms with E-state index in [1.165, 1.54) is 10.9 Å². The molecule has 0 radical (unpaired) electrons. The number of anilines is 1. The lowest BCUT2D eigenvalue weighted by molar-refractivity contribution is -0.113. The molecule has 0 spiro atoms. The second-order valence-corrected chi connectivity index (χ2v) is 10.4. The van der Waals surface area contributed by atoms with Gasteiger partial charge in [0.2, 0.25) is 5.91 Å². The quantitative estimate of drug-likeness (QED) is 0.366. The molecule has 0 fully saturated rings. The first-order valence-electron chi connectivity index (χ1n) is 10.8. The van der Waals surface area contributed by atoms with Gasteiger partial charge in [0.1, 0.15) is 22.2 Å². The first kappa shape index (κ1) is 22.9. The number of para-hydroxylation sites is 1. The second kappa shape index (κ2) is 9.70. The Morgan fingerprint density at radius 2 is 1.97 bits per heavy atom. The highest BCUT2D eigenvalue weighted by molar-refractivity contribution is 7.99. The largest absolute Gasteiger partial charge is 0.320 e. The fourth-order valence-corrected chi connectivity index (χ4v) is 5.97. The van der Waals surface area contributed by atoms with E-state index in [0.717, 1.165) is 66.9 Å². The molecule has 1 aliphatic carbocycles. The predicted molar refractivity (Wildman–Crippen MR) is 126 cm³/mol. The third-order valence-electron chi connectivity index (χ3n) is 5.53. The van der Waals surface area contributed by atoms with Crippen molar-refractivity contribution < 1.29 is 13.6 Å². The smallest absolute Gasteiger partial charge is 0.263 e. The lowest BCUT2D eigenvalue weighted by Crippen LogP contribution is -2.25. The van der Waals surface area contributed by atoms with Crippen LogP contribution in [-0.2, 0) is 24.2 Å². The number of thioether (sulfide) groups is 1. The number of fused-ring (bicyclic) bond motifs is 3. The first-order valence-corrected chi connectivity index (χ1v) is 12.6. The number of aromatic nitrogens is 2. The minimum absolute atomic E-state index is 0.0573. The van der Waals surface area contributed by atoms with E-state index in [-0.39, 0.29) is 11.3 Å². The number of thiophene rings is 1. The Labute approximate surface area is 193 Å². The van der Waals surface area contributed by atoms with E-state index in [4.69, 9.17) is 4.98 Å². The van der Waals surface area contributed by atoms with Crippen molar-refractivity contribution >= 4 is 44.9 Å². The monoisotopic (exact) mass is 477 g/mol. The van der Waals surface area contributed by atoms with Gasteiger partial charge in [-0.3, -0.25) is 14.2 Å². The Balaban J connectivity index is 1.62. The summed E-state index contributed by atoms with van der Waals surface area (Å²) >= 11 is 2.68. The molecule has 1 amide bonds. The number of hydrogen-bond acceptors (Lipinski definition) is 5. The number of nitrogens with zero attached hydrogens (tertiary/aromatic N) is 2. The van der Waals surface area contributed by atoms with Crippen molar-refractivity contribution in [1.82, 2.24) is 9.55 Å². The molecule has 0 saturated heterocycles. The highest BCUT2D eigenvalue weighted by atomic mass is 32.2. The van der Waals surface area contributed by atoms with Crippen molar-refractivity contribution in [2.24, 2.45) is 5.92 Å². The zero-order valence-corrected chi connectivity index (χ0v) is 19.7. The van der Waals surface area contributed by atoms with Gasteiger partial charge in [-0.15, -0.1) is 11.3 Å². The number of aryl methyl sites for hydroxylation is 2. The summed E-state index contributed by atoms with van der Waals surface area (Å²) in [5.74, 6) is -1.94. The van der Waals surface area contributed by atoms with Crippen LogP contribution in [0.1, 0.15) is 43.6 Å². The number of halogens is 2. The Kier molecular flexibility index (Phi) is 6.95. The minimum atomic E-state index is -0.832. The van der Waals surface area contributed by atoms with Gasteiger partial charge in [0.25, 0.3) is 5.56 Å². The molecule has 1 aliphatic rings. The van der Waals surface area contributed by atoms with E-state index in [0.29, 0.717) is 22.4 Å². The summed E-state index contributed by atoms with van der Waals surface area (Å²) in [6.45, 7) is 4.69. The Hall–Kier alpha value is -2.26. The van der Waals surface area contributed by atoms with E-state index < -0.39 is 23.2 Å². The van der Waals surface area contributed by atoms with Crippen LogP contribution in [0.4, 0.5) is 14.5 Å². The molecule has 2 aromatic heterocycles. The normalized spacial score (nSPS) is 13.5. The minimum Gasteiger partial charge on any atom is -0.320 e. The van der Waals surface area contributed by atoms with Crippen LogP contribution in [0.3, 0.4) is 0 Å². The molecule has 1 aromatic carbocycles. The highest BCUT2D eigenvalue weighted by Crippen LogP contribution is 2.35. The van der Waals surface area contributed by atoms with Gasteiger partial charge < -0.3 is 5.32 Å². The van der Waals surface area contributed by atoms with Gasteiger partial charge >= 0.3 is 0 Å². The summed E-state index contributed by atoms with van der Waals surface area (Å²) in [5, 5.41) is 3.47. The number of amides is 1. The number of nitrogens with one attached hydrogen (secondary N) is 1. The molecule has 0 atom stereocenters. The molecule has 1 N–H and O–H groups in total. The van der Waals surface area contributed by atoms with Crippen molar-refractivity contribution in [3.8, 4) is 0 Å². The standard InChI is InChI=1S/C23H25F2N3O2S2/c1-13(2)10-11-28-22(30)19-14-6-3-4-9-17(14)32-21(19)27-23(28)31-12-18(29)26-20-15(24)7-5-8-16(20)25/h5,7-8,13H,3-4,6,9-12H2,1-2H3,(H,26,29). The maximum atomic E-state index is 13.8. The maximum absolute atomic E-state index is 13.8. The summed E-state index contributed by atoms with van der Waals surface area (Å²) in [5.41, 5.74) is 0.610. The predicted octanol–water partition coefficient (Wildman–Crippen LogP) is 5.39.